The molecule has 0 amide bonds. The fraction of sp³-hybridized carbons (Fsp3) is 0.500. The van der Waals surface area contributed by atoms with Gasteiger partial charge in [-0.2, -0.15) is 0 Å². The molecule has 2 N–H and O–H groups in total. The van der Waals surface area contributed by atoms with Gasteiger partial charge in [-0.25, -0.2) is 26.3 Å². The molecule has 0 bridgehead atoms. The van der Waals surface area contributed by atoms with E-state index in [0.29, 0.717) is 6.07 Å². The van der Waals surface area contributed by atoms with Crippen molar-refractivity contribution in [1.29, 1.82) is 0 Å². The summed E-state index contributed by atoms with van der Waals surface area (Å²) >= 11 is 5.78. The van der Waals surface area contributed by atoms with Crippen molar-refractivity contribution in [3.63, 3.8) is 0 Å². The van der Waals surface area contributed by atoms with Gasteiger partial charge in [0, 0.05) is 12.6 Å². The van der Waals surface area contributed by atoms with E-state index in [0.717, 1.165) is 6.07 Å². The van der Waals surface area contributed by atoms with Gasteiger partial charge in [0.15, 0.2) is 0 Å². The average molecular weight is 345 g/mol. The van der Waals surface area contributed by atoms with E-state index < -0.39 is 33.7 Å². The Labute approximate surface area is 126 Å². The lowest BCUT2D eigenvalue weighted by molar-refractivity contribution is 0.153. The Morgan fingerprint density at radius 2 is 1.90 bits per heavy atom. The molecule has 0 unspecified atom stereocenters. The molecule has 1 aromatic carbocycles. The molecule has 120 valence electrons. The van der Waals surface area contributed by atoms with Crippen LogP contribution in [0.3, 0.4) is 0 Å². The van der Waals surface area contributed by atoms with Crippen molar-refractivity contribution in [2.24, 2.45) is 0 Å². The van der Waals surface area contributed by atoms with Crippen molar-refractivity contribution >= 4 is 21.6 Å². The maximum Gasteiger partial charge on any atom is 0.251 e. The van der Waals surface area contributed by atoms with Crippen LogP contribution in [0, 0.1) is 5.82 Å². The third kappa shape index (κ3) is 5.46. The Kier molecular flexibility index (Phi) is 6.45. The zero-order chi connectivity index (χ0) is 16.2. The van der Waals surface area contributed by atoms with Gasteiger partial charge in [0.2, 0.25) is 10.0 Å². The first-order valence-electron chi connectivity index (χ1n) is 6.12. The number of benzene rings is 1. The van der Waals surface area contributed by atoms with Crippen LogP contribution in [-0.2, 0) is 16.6 Å². The number of hydrogen-bond acceptors (Lipinski definition) is 3. The molecule has 0 aliphatic rings. The van der Waals surface area contributed by atoms with Crippen LogP contribution in [0.4, 0.5) is 13.2 Å². The molecule has 1 aromatic rings. The molecule has 0 aromatic heterocycles. The second-order valence-electron chi connectivity index (χ2n) is 4.66. The van der Waals surface area contributed by atoms with Crippen LogP contribution in [-0.4, -0.2) is 27.4 Å². The minimum Gasteiger partial charge on any atom is -0.310 e. The highest BCUT2D eigenvalue weighted by Gasteiger charge is 2.20. The molecule has 0 atom stereocenters. The molecule has 21 heavy (non-hydrogen) atoms. The van der Waals surface area contributed by atoms with Crippen LogP contribution in [0.5, 0.6) is 0 Å². The maximum atomic E-state index is 13.7. The van der Waals surface area contributed by atoms with Crippen LogP contribution in [0.15, 0.2) is 17.0 Å². The van der Waals surface area contributed by atoms with Gasteiger partial charge in [-0.3, -0.25) is 0 Å². The fourth-order valence-electron chi connectivity index (χ4n) is 1.47. The molecule has 9 heteroatoms. The molecular weight excluding hydrogens is 329 g/mol. The molecule has 0 fully saturated rings. The molecule has 0 saturated carbocycles. The normalized spacial score (nSPS) is 12.4. The highest BCUT2D eigenvalue weighted by atomic mass is 35.5. The quantitative estimate of drug-likeness (QED) is 0.799. The van der Waals surface area contributed by atoms with Crippen LogP contribution in [0.2, 0.25) is 5.02 Å². The van der Waals surface area contributed by atoms with Crippen LogP contribution < -0.4 is 10.0 Å². The third-order valence-electron chi connectivity index (χ3n) is 2.52. The first-order valence-corrected chi connectivity index (χ1v) is 7.98. The predicted octanol–water partition coefficient (Wildman–Crippen LogP) is 2.52. The highest BCUT2D eigenvalue weighted by Crippen LogP contribution is 2.24. The number of hydrogen-bond donors (Lipinski definition) is 2. The summed E-state index contributed by atoms with van der Waals surface area (Å²) in [5.74, 6) is -0.919. The van der Waals surface area contributed by atoms with Crippen molar-refractivity contribution in [3.05, 3.63) is 28.5 Å². The monoisotopic (exact) mass is 344 g/mol. The topological polar surface area (TPSA) is 58.2 Å². The van der Waals surface area contributed by atoms with Gasteiger partial charge in [-0.1, -0.05) is 25.4 Å². The summed E-state index contributed by atoms with van der Waals surface area (Å²) in [6, 6.07) is 1.95. The van der Waals surface area contributed by atoms with Crippen molar-refractivity contribution in [3.8, 4) is 0 Å². The third-order valence-corrected chi connectivity index (χ3v) is 4.34. The summed E-state index contributed by atoms with van der Waals surface area (Å²) in [4.78, 5) is -0.439. The molecule has 0 aliphatic carbocycles. The number of halogens is 4. The van der Waals surface area contributed by atoms with Crippen molar-refractivity contribution < 1.29 is 21.6 Å². The van der Waals surface area contributed by atoms with Gasteiger partial charge in [0.25, 0.3) is 6.43 Å². The Bertz CT molecular complexity index is 594. The van der Waals surface area contributed by atoms with Crippen LogP contribution in [0.1, 0.15) is 19.4 Å². The Balaban J connectivity index is 3.08. The van der Waals surface area contributed by atoms with E-state index in [1.807, 2.05) is 13.8 Å². The summed E-state index contributed by atoms with van der Waals surface area (Å²) in [5, 5.41) is 2.77. The molecule has 0 aliphatic heterocycles. The lowest BCUT2D eigenvalue weighted by atomic mass is 10.2. The van der Waals surface area contributed by atoms with Gasteiger partial charge in [-0.05, 0) is 17.7 Å². The summed E-state index contributed by atoms with van der Waals surface area (Å²) in [5.41, 5.74) is 0.239. The number of nitrogens with one attached hydrogen (secondary N) is 2. The number of rotatable bonds is 7. The second-order valence-corrected chi connectivity index (χ2v) is 6.80. The second kappa shape index (κ2) is 7.44. The van der Waals surface area contributed by atoms with Crippen molar-refractivity contribution in [2.75, 3.05) is 6.54 Å². The molecule has 4 nitrogen and oxygen atoms in total. The minimum atomic E-state index is -4.21. The summed E-state index contributed by atoms with van der Waals surface area (Å²) in [6.45, 7) is 2.84. The smallest absolute Gasteiger partial charge is 0.251 e. The average Bonchev–Trinajstić information content (AvgIpc) is 2.37. The largest absolute Gasteiger partial charge is 0.310 e. The first kappa shape index (κ1) is 18.2. The maximum absolute atomic E-state index is 13.7. The summed E-state index contributed by atoms with van der Waals surface area (Å²) in [7, 11) is -4.21. The van der Waals surface area contributed by atoms with E-state index in [-0.39, 0.29) is 23.2 Å². The van der Waals surface area contributed by atoms with Gasteiger partial charge < -0.3 is 5.32 Å². The Morgan fingerprint density at radius 3 is 2.43 bits per heavy atom. The van der Waals surface area contributed by atoms with E-state index in [9.17, 15) is 21.6 Å². The lowest BCUT2D eigenvalue weighted by Crippen LogP contribution is -2.29. The molecule has 0 radical (unpaired) electrons. The number of alkyl halides is 2. The predicted molar refractivity (Wildman–Crippen MR) is 74.6 cm³/mol. The van der Waals surface area contributed by atoms with Gasteiger partial charge >= 0.3 is 0 Å². The van der Waals surface area contributed by atoms with Gasteiger partial charge in [0.05, 0.1) is 16.5 Å². The van der Waals surface area contributed by atoms with Crippen molar-refractivity contribution in [2.45, 2.75) is 37.8 Å². The van der Waals surface area contributed by atoms with E-state index in [4.69, 9.17) is 11.6 Å². The molecule has 0 heterocycles. The lowest BCUT2D eigenvalue weighted by Gasteiger charge is -2.13. The molecule has 1 rings (SSSR count). The van der Waals surface area contributed by atoms with E-state index in [2.05, 4.69) is 5.32 Å². The van der Waals surface area contributed by atoms with E-state index in [1.165, 1.54) is 0 Å². The minimum absolute atomic E-state index is 0.0846. The standard InChI is InChI=1S/C12H16ClF3N2O2S/c1-7(2)17-5-8-3-9(4-10(14)12(8)13)21(19,20)18-6-11(15)16/h3-4,7,11,17-18H,5-6H2,1-2H3. The Hall–Kier alpha value is -0.830. The number of sulfonamides is 1. The van der Waals surface area contributed by atoms with E-state index >= 15 is 0 Å². The molecular formula is C12H16ClF3N2O2S. The molecule has 0 saturated heterocycles. The van der Waals surface area contributed by atoms with E-state index in [1.54, 1.807) is 4.72 Å². The van der Waals surface area contributed by atoms with Crippen LogP contribution >= 0.6 is 11.6 Å². The Morgan fingerprint density at radius 1 is 1.29 bits per heavy atom. The summed E-state index contributed by atoms with van der Waals surface area (Å²) in [6.07, 6.45) is -2.83. The highest BCUT2D eigenvalue weighted by molar-refractivity contribution is 7.89. The zero-order valence-corrected chi connectivity index (χ0v) is 13.0. The zero-order valence-electron chi connectivity index (χ0n) is 11.5. The fourth-order valence-corrected chi connectivity index (χ4v) is 2.72. The summed E-state index contributed by atoms with van der Waals surface area (Å²) < 4.78 is 63.2. The van der Waals surface area contributed by atoms with Crippen molar-refractivity contribution in [1.82, 2.24) is 10.0 Å². The van der Waals surface area contributed by atoms with Gasteiger partial charge in [-0.15, -0.1) is 0 Å². The molecule has 0 spiro atoms. The SMILES string of the molecule is CC(C)NCc1cc(S(=O)(=O)NCC(F)F)cc(F)c1Cl. The first-order chi connectivity index (χ1) is 9.63. The van der Waals surface area contributed by atoms with Gasteiger partial charge in [0.1, 0.15) is 5.82 Å². The van der Waals surface area contributed by atoms with Crippen LogP contribution in [0.25, 0.3) is 0 Å².